The number of rotatable bonds is 7. The Bertz CT molecular complexity index is 823. The van der Waals surface area contributed by atoms with E-state index in [1.165, 1.54) is 4.90 Å². The maximum Gasteiger partial charge on any atom is 0.419 e. The standard InChI is InChI=1S/C22H22INO4/c23-20-15-24(22(26)28-19-11-5-2-6-12-19)18(14-21(20)25)10-7-13-27-16-17-8-3-1-4-9-17/h1-6,8-9,11-12,15,18H,7,10,13-14,16H2. The fourth-order valence-corrected chi connectivity index (χ4v) is 3.50. The molecule has 1 heterocycles. The van der Waals surface area contributed by atoms with Gasteiger partial charge in [0, 0.05) is 25.3 Å². The summed E-state index contributed by atoms with van der Waals surface area (Å²) in [5.74, 6) is 0.539. The van der Waals surface area contributed by atoms with E-state index in [9.17, 15) is 9.59 Å². The maximum atomic E-state index is 12.6. The molecule has 2 aromatic carbocycles. The molecule has 5 nitrogen and oxygen atoms in total. The fourth-order valence-electron chi connectivity index (χ4n) is 2.98. The van der Waals surface area contributed by atoms with Crippen molar-refractivity contribution in [1.29, 1.82) is 0 Å². The first-order valence-corrected chi connectivity index (χ1v) is 10.3. The zero-order valence-electron chi connectivity index (χ0n) is 15.4. The van der Waals surface area contributed by atoms with Crippen molar-refractivity contribution >= 4 is 34.5 Å². The summed E-state index contributed by atoms with van der Waals surface area (Å²) in [7, 11) is 0. The van der Waals surface area contributed by atoms with Crippen LogP contribution in [0.4, 0.5) is 4.79 Å². The van der Waals surface area contributed by atoms with Crippen LogP contribution in [0.5, 0.6) is 5.75 Å². The largest absolute Gasteiger partial charge is 0.419 e. The fraction of sp³-hybridized carbons (Fsp3) is 0.273. The number of allylic oxidation sites excluding steroid dienone is 1. The Morgan fingerprint density at radius 1 is 1.07 bits per heavy atom. The van der Waals surface area contributed by atoms with Crippen molar-refractivity contribution in [1.82, 2.24) is 4.90 Å². The van der Waals surface area contributed by atoms with Crippen molar-refractivity contribution < 1.29 is 19.1 Å². The summed E-state index contributed by atoms with van der Waals surface area (Å²) in [4.78, 5) is 26.3. The highest BCUT2D eigenvalue weighted by molar-refractivity contribution is 14.1. The van der Waals surface area contributed by atoms with Gasteiger partial charge in [-0.1, -0.05) is 48.5 Å². The number of para-hydroxylation sites is 1. The first kappa shape index (κ1) is 20.5. The second kappa shape index (κ2) is 10.4. The van der Waals surface area contributed by atoms with Gasteiger partial charge in [0.15, 0.2) is 5.78 Å². The van der Waals surface area contributed by atoms with E-state index in [4.69, 9.17) is 9.47 Å². The second-order valence-corrected chi connectivity index (χ2v) is 7.69. The zero-order valence-corrected chi connectivity index (χ0v) is 17.6. The first-order chi connectivity index (χ1) is 13.6. The quantitative estimate of drug-likeness (QED) is 0.400. The molecule has 1 unspecified atom stereocenters. The van der Waals surface area contributed by atoms with Gasteiger partial charge in [-0.3, -0.25) is 9.69 Å². The van der Waals surface area contributed by atoms with E-state index in [1.807, 2.05) is 71.1 Å². The number of hydrogen-bond acceptors (Lipinski definition) is 4. The SMILES string of the molecule is O=C1CC(CCCOCc2ccccc2)N(C(=O)Oc2ccccc2)C=C1I. The number of benzene rings is 2. The highest BCUT2D eigenvalue weighted by atomic mass is 127. The van der Waals surface area contributed by atoms with E-state index < -0.39 is 6.09 Å². The molecule has 28 heavy (non-hydrogen) atoms. The molecule has 3 rings (SSSR count). The van der Waals surface area contributed by atoms with Crippen LogP contribution in [0.1, 0.15) is 24.8 Å². The number of amides is 1. The summed E-state index contributed by atoms with van der Waals surface area (Å²) < 4.78 is 11.7. The van der Waals surface area contributed by atoms with Gasteiger partial charge in [0.1, 0.15) is 5.75 Å². The van der Waals surface area contributed by atoms with Gasteiger partial charge < -0.3 is 9.47 Å². The minimum Gasteiger partial charge on any atom is -0.410 e. The van der Waals surface area contributed by atoms with Crippen LogP contribution in [0.15, 0.2) is 70.4 Å². The van der Waals surface area contributed by atoms with Crippen LogP contribution in [-0.4, -0.2) is 29.4 Å². The van der Waals surface area contributed by atoms with Crippen molar-refractivity contribution in [3.05, 3.63) is 76.0 Å². The van der Waals surface area contributed by atoms with Crippen LogP contribution in [0, 0.1) is 0 Å². The lowest BCUT2D eigenvalue weighted by molar-refractivity contribution is -0.116. The van der Waals surface area contributed by atoms with E-state index in [0.29, 0.717) is 35.4 Å². The number of halogens is 1. The molecule has 2 aromatic rings. The maximum absolute atomic E-state index is 12.6. The molecule has 1 aliphatic heterocycles. The number of hydrogen-bond donors (Lipinski definition) is 0. The molecule has 6 heteroatoms. The van der Waals surface area contributed by atoms with E-state index >= 15 is 0 Å². The van der Waals surface area contributed by atoms with Gasteiger partial charge in [-0.2, -0.15) is 0 Å². The predicted molar refractivity (Wildman–Crippen MR) is 115 cm³/mol. The molecule has 0 N–H and O–H groups in total. The lowest BCUT2D eigenvalue weighted by atomic mass is 10.0. The molecular formula is C22H22INO4. The number of carbonyl (C=O) groups excluding carboxylic acids is 2. The van der Waals surface area contributed by atoms with Gasteiger partial charge >= 0.3 is 6.09 Å². The third-order valence-electron chi connectivity index (χ3n) is 4.43. The van der Waals surface area contributed by atoms with Crippen molar-refractivity contribution in [3.63, 3.8) is 0 Å². The minimum absolute atomic E-state index is 0.0552. The minimum atomic E-state index is -0.469. The molecule has 0 saturated carbocycles. The van der Waals surface area contributed by atoms with E-state index in [1.54, 1.807) is 18.3 Å². The third kappa shape index (κ3) is 5.90. The number of ether oxygens (including phenoxy) is 2. The summed E-state index contributed by atoms with van der Waals surface area (Å²) in [6.45, 7) is 1.13. The van der Waals surface area contributed by atoms with Crippen LogP contribution < -0.4 is 4.74 Å². The molecule has 0 bridgehead atoms. The molecule has 1 atom stereocenters. The van der Waals surface area contributed by atoms with Crippen LogP contribution >= 0.6 is 22.6 Å². The topological polar surface area (TPSA) is 55.8 Å². The summed E-state index contributed by atoms with van der Waals surface area (Å²) in [5, 5.41) is 0. The molecule has 1 amide bonds. The second-order valence-electron chi connectivity index (χ2n) is 6.53. The summed E-state index contributed by atoms with van der Waals surface area (Å²) in [6, 6.07) is 18.7. The molecule has 146 valence electrons. The Kier molecular flexibility index (Phi) is 7.62. The lowest BCUT2D eigenvalue weighted by Crippen LogP contribution is -2.42. The Labute approximate surface area is 178 Å². The summed E-state index contributed by atoms with van der Waals surface area (Å²) in [5.41, 5.74) is 1.13. The zero-order chi connectivity index (χ0) is 19.8. The molecule has 0 spiro atoms. The highest BCUT2D eigenvalue weighted by Gasteiger charge is 2.31. The molecule has 0 aromatic heterocycles. The van der Waals surface area contributed by atoms with Crippen LogP contribution in [0.2, 0.25) is 0 Å². The smallest absolute Gasteiger partial charge is 0.410 e. The first-order valence-electron chi connectivity index (χ1n) is 9.21. The number of nitrogens with zero attached hydrogens (tertiary/aromatic N) is 1. The van der Waals surface area contributed by atoms with Crippen molar-refractivity contribution in [2.45, 2.75) is 31.9 Å². The van der Waals surface area contributed by atoms with E-state index in [-0.39, 0.29) is 11.8 Å². The Morgan fingerprint density at radius 3 is 2.46 bits per heavy atom. The van der Waals surface area contributed by atoms with E-state index in [2.05, 4.69) is 0 Å². The van der Waals surface area contributed by atoms with Crippen molar-refractivity contribution in [3.8, 4) is 5.75 Å². The molecular weight excluding hydrogens is 469 g/mol. The molecule has 0 radical (unpaired) electrons. The van der Waals surface area contributed by atoms with Crippen LogP contribution in [0.3, 0.4) is 0 Å². The monoisotopic (exact) mass is 491 g/mol. The third-order valence-corrected chi connectivity index (χ3v) is 5.31. The molecule has 0 aliphatic carbocycles. The van der Waals surface area contributed by atoms with Crippen molar-refractivity contribution in [2.24, 2.45) is 0 Å². The van der Waals surface area contributed by atoms with E-state index in [0.717, 1.165) is 12.0 Å². The van der Waals surface area contributed by atoms with Gasteiger partial charge in [0.05, 0.1) is 10.2 Å². The number of ketones is 1. The normalized spacial score (nSPS) is 16.6. The predicted octanol–water partition coefficient (Wildman–Crippen LogP) is 5.10. The van der Waals surface area contributed by atoms with Crippen LogP contribution in [0.25, 0.3) is 0 Å². The molecule has 0 fully saturated rings. The molecule has 0 saturated heterocycles. The summed E-state index contributed by atoms with van der Waals surface area (Å²) >= 11 is 1.97. The number of Topliss-reactive ketones (excluding diaryl/α,β-unsaturated/α-hetero) is 1. The highest BCUT2D eigenvalue weighted by Crippen LogP contribution is 2.26. The summed E-state index contributed by atoms with van der Waals surface area (Å²) in [6.07, 6.45) is 2.85. The molecule has 1 aliphatic rings. The van der Waals surface area contributed by atoms with Crippen LogP contribution in [-0.2, 0) is 16.1 Å². The van der Waals surface area contributed by atoms with Gasteiger partial charge in [0.25, 0.3) is 0 Å². The average molecular weight is 491 g/mol. The Morgan fingerprint density at radius 2 is 1.75 bits per heavy atom. The van der Waals surface area contributed by atoms with Crippen molar-refractivity contribution in [2.75, 3.05) is 6.61 Å². The number of carbonyl (C=O) groups is 2. The average Bonchev–Trinajstić information content (AvgIpc) is 2.71. The lowest BCUT2D eigenvalue weighted by Gasteiger charge is -2.31. The Balaban J connectivity index is 1.53. The van der Waals surface area contributed by atoms with Gasteiger partial charge in [0.2, 0.25) is 0 Å². The Hall–Kier alpha value is -2.19. The van der Waals surface area contributed by atoms with Gasteiger partial charge in [-0.05, 0) is 53.1 Å². The van der Waals surface area contributed by atoms with Gasteiger partial charge in [-0.15, -0.1) is 0 Å². The van der Waals surface area contributed by atoms with Gasteiger partial charge in [-0.25, -0.2) is 4.79 Å².